The van der Waals surface area contributed by atoms with Crippen LogP contribution in [0.5, 0.6) is 5.88 Å². The molecule has 1 N–H and O–H groups in total. The maximum Gasteiger partial charge on any atom is 0.242 e. The summed E-state index contributed by atoms with van der Waals surface area (Å²) in [6.45, 7) is 9.83. The summed E-state index contributed by atoms with van der Waals surface area (Å²) in [7, 11) is 1.61. The van der Waals surface area contributed by atoms with Gasteiger partial charge in [-0.3, -0.25) is 4.90 Å². The number of piperazine rings is 1. The number of rotatable bonds is 7. The minimum absolute atomic E-state index is 0.257. The van der Waals surface area contributed by atoms with Crippen molar-refractivity contribution in [2.45, 2.75) is 45.3 Å². The van der Waals surface area contributed by atoms with E-state index in [1.807, 2.05) is 30.7 Å². The molecule has 2 atom stereocenters. The van der Waals surface area contributed by atoms with Crippen molar-refractivity contribution in [3.8, 4) is 17.3 Å². The molecular weight excluding hydrogens is 454 g/mol. The van der Waals surface area contributed by atoms with Crippen LogP contribution in [0.2, 0.25) is 0 Å². The first-order valence-corrected chi connectivity index (χ1v) is 12.5. The normalized spacial score (nSPS) is 19.5. The lowest BCUT2D eigenvalue weighted by atomic mass is 10.2. The number of nitrogens with zero attached hydrogens (tertiary/aromatic N) is 8. The summed E-state index contributed by atoms with van der Waals surface area (Å²) in [4.78, 5) is 28.0. The Morgan fingerprint density at radius 3 is 2.64 bits per heavy atom. The van der Waals surface area contributed by atoms with E-state index in [0.29, 0.717) is 41.1 Å². The predicted octanol–water partition coefficient (Wildman–Crippen LogP) is 3.90. The van der Waals surface area contributed by atoms with Gasteiger partial charge in [-0.2, -0.15) is 0 Å². The van der Waals surface area contributed by atoms with E-state index in [2.05, 4.69) is 66.5 Å². The lowest BCUT2D eigenvalue weighted by Crippen LogP contribution is -2.46. The van der Waals surface area contributed by atoms with Gasteiger partial charge in [0.15, 0.2) is 5.52 Å². The van der Waals surface area contributed by atoms with Crippen LogP contribution in [-0.4, -0.2) is 73.2 Å². The summed E-state index contributed by atoms with van der Waals surface area (Å²) in [5, 5.41) is 3.24. The second-order valence-corrected chi connectivity index (χ2v) is 9.71. The van der Waals surface area contributed by atoms with Crippen molar-refractivity contribution in [3.05, 3.63) is 43.0 Å². The average Bonchev–Trinajstić information content (AvgIpc) is 3.63. The first-order valence-electron chi connectivity index (χ1n) is 12.5. The highest BCUT2D eigenvalue weighted by Gasteiger charge is 2.42. The largest absolute Gasteiger partial charge is 0.479 e. The highest BCUT2D eigenvalue weighted by atomic mass is 16.5. The lowest BCUT2D eigenvalue weighted by molar-refractivity contribution is 0.251. The third-order valence-corrected chi connectivity index (χ3v) is 7.28. The first kappa shape index (κ1) is 22.7. The number of hydrogen-bond donors (Lipinski definition) is 1. The molecule has 0 saturated carbocycles. The molecule has 2 aliphatic heterocycles. The molecule has 186 valence electrons. The monoisotopic (exact) mass is 485 g/mol. The van der Waals surface area contributed by atoms with Crippen molar-refractivity contribution in [3.63, 3.8) is 0 Å². The van der Waals surface area contributed by atoms with E-state index >= 15 is 0 Å². The molecule has 10 heteroatoms. The Labute approximate surface area is 210 Å². The predicted molar refractivity (Wildman–Crippen MR) is 140 cm³/mol. The van der Waals surface area contributed by atoms with Crippen LogP contribution in [0.1, 0.15) is 33.2 Å². The Hall–Kier alpha value is -3.79. The molecule has 6 rings (SSSR count). The molecule has 6 heterocycles. The first-order chi connectivity index (χ1) is 17.5. The van der Waals surface area contributed by atoms with E-state index < -0.39 is 0 Å². The van der Waals surface area contributed by atoms with E-state index in [1.54, 1.807) is 13.3 Å². The zero-order valence-corrected chi connectivity index (χ0v) is 21.1. The Bertz CT molecular complexity index is 1380. The van der Waals surface area contributed by atoms with Crippen LogP contribution in [0.4, 0.5) is 17.5 Å². The SMILES string of the molecule is CCN1CC2CC1CN2c1ccc(Nc2nccc(-c3cc4c(ncn4C(C)C)c(OC)n3)n2)nc1. The van der Waals surface area contributed by atoms with E-state index in [0.717, 1.165) is 30.7 Å². The Balaban J connectivity index is 1.22. The van der Waals surface area contributed by atoms with Crippen molar-refractivity contribution in [1.82, 2.24) is 34.4 Å². The fraction of sp³-hybridized carbons (Fsp3) is 0.423. The molecule has 4 aromatic rings. The van der Waals surface area contributed by atoms with E-state index in [1.165, 1.54) is 12.1 Å². The summed E-state index contributed by atoms with van der Waals surface area (Å²) >= 11 is 0. The van der Waals surface area contributed by atoms with Crippen LogP contribution in [-0.2, 0) is 0 Å². The van der Waals surface area contributed by atoms with Gasteiger partial charge >= 0.3 is 0 Å². The molecule has 2 aliphatic rings. The van der Waals surface area contributed by atoms with Crippen LogP contribution in [0.25, 0.3) is 22.4 Å². The third-order valence-electron chi connectivity index (χ3n) is 7.28. The minimum atomic E-state index is 0.257. The highest BCUT2D eigenvalue weighted by molar-refractivity contribution is 5.84. The van der Waals surface area contributed by atoms with Gasteiger partial charge in [0, 0.05) is 37.4 Å². The molecule has 4 aromatic heterocycles. The topological polar surface area (TPSA) is 97.1 Å². The van der Waals surface area contributed by atoms with Crippen molar-refractivity contribution in [1.29, 1.82) is 0 Å². The number of hydrogen-bond acceptors (Lipinski definition) is 9. The summed E-state index contributed by atoms with van der Waals surface area (Å²) < 4.78 is 7.63. The third kappa shape index (κ3) is 3.91. The van der Waals surface area contributed by atoms with Crippen LogP contribution in [0.15, 0.2) is 43.0 Å². The second-order valence-electron chi connectivity index (χ2n) is 9.71. The Kier molecular flexibility index (Phi) is 5.67. The van der Waals surface area contributed by atoms with Crippen LogP contribution in [0, 0.1) is 0 Å². The van der Waals surface area contributed by atoms with Gasteiger partial charge in [-0.1, -0.05) is 6.92 Å². The smallest absolute Gasteiger partial charge is 0.242 e. The zero-order chi connectivity index (χ0) is 24.8. The van der Waals surface area contributed by atoms with E-state index in [-0.39, 0.29) is 6.04 Å². The average molecular weight is 486 g/mol. The number of pyridine rings is 2. The van der Waals surface area contributed by atoms with E-state index in [9.17, 15) is 0 Å². The quantitative estimate of drug-likeness (QED) is 0.418. The second kappa shape index (κ2) is 9.02. The van der Waals surface area contributed by atoms with Crippen LogP contribution < -0.4 is 15.0 Å². The van der Waals surface area contributed by atoms with Gasteiger partial charge < -0.3 is 19.5 Å². The van der Waals surface area contributed by atoms with Gasteiger partial charge in [-0.25, -0.2) is 24.9 Å². The maximum atomic E-state index is 5.53. The molecule has 2 fully saturated rings. The van der Waals surface area contributed by atoms with Crippen molar-refractivity contribution in [2.24, 2.45) is 0 Å². The number of likely N-dealkylation sites (N-methyl/N-ethyl adjacent to an activating group) is 1. The van der Waals surface area contributed by atoms with Crippen molar-refractivity contribution in [2.75, 3.05) is 37.0 Å². The lowest BCUT2D eigenvalue weighted by Gasteiger charge is -2.34. The molecular formula is C26H31N9O. The van der Waals surface area contributed by atoms with E-state index in [4.69, 9.17) is 9.72 Å². The number of imidazole rings is 1. The summed E-state index contributed by atoms with van der Waals surface area (Å²) in [5.41, 5.74) is 4.25. The summed E-state index contributed by atoms with van der Waals surface area (Å²) in [6.07, 6.45) is 6.73. The van der Waals surface area contributed by atoms with Gasteiger partial charge in [0.1, 0.15) is 5.82 Å². The van der Waals surface area contributed by atoms with Crippen LogP contribution >= 0.6 is 0 Å². The molecule has 10 nitrogen and oxygen atoms in total. The minimum Gasteiger partial charge on any atom is -0.479 e. The van der Waals surface area contributed by atoms with Gasteiger partial charge in [-0.15, -0.1) is 0 Å². The van der Waals surface area contributed by atoms with Crippen molar-refractivity contribution >= 4 is 28.5 Å². The summed E-state index contributed by atoms with van der Waals surface area (Å²) in [5.74, 6) is 1.64. The maximum absolute atomic E-state index is 5.53. The Morgan fingerprint density at radius 2 is 1.94 bits per heavy atom. The van der Waals surface area contributed by atoms with Gasteiger partial charge in [0.25, 0.3) is 0 Å². The van der Waals surface area contributed by atoms with Gasteiger partial charge in [0.2, 0.25) is 11.8 Å². The molecule has 0 amide bonds. The number of aromatic nitrogens is 6. The molecule has 2 bridgehead atoms. The van der Waals surface area contributed by atoms with Gasteiger partial charge in [0.05, 0.1) is 42.2 Å². The summed E-state index contributed by atoms with van der Waals surface area (Å²) in [6, 6.07) is 9.46. The number of methoxy groups -OCH3 is 1. The fourth-order valence-electron chi connectivity index (χ4n) is 5.45. The number of likely N-dealkylation sites (tertiary alicyclic amines) is 1. The molecule has 2 unspecified atom stereocenters. The number of anilines is 3. The molecule has 0 aromatic carbocycles. The number of fused-ring (bicyclic) bond motifs is 3. The molecule has 2 saturated heterocycles. The van der Waals surface area contributed by atoms with Gasteiger partial charge in [-0.05, 0) is 51.1 Å². The molecule has 0 spiro atoms. The zero-order valence-electron chi connectivity index (χ0n) is 21.1. The highest BCUT2D eigenvalue weighted by Crippen LogP contribution is 2.34. The molecule has 36 heavy (non-hydrogen) atoms. The van der Waals surface area contributed by atoms with Crippen LogP contribution in [0.3, 0.4) is 0 Å². The Morgan fingerprint density at radius 1 is 1.06 bits per heavy atom. The fourth-order valence-corrected chi connectivity index (χ4v) is 5.45. The van der Waals surface area contributed by atoms with Crippen molar-refractivity contribution < 1.29 is 4.74 Å². The standard InChI is InChI=1S/C26H31N9O/c1-5-33-13-19-10-18(33)14-34(19)17-6-7-23(28-12-17)32-26-27-9-8-20(31-26)21-11-22-24(25(30-21)36-4)29-15-35(22)16(2)3/h6-9,11-12,15-16,18-19H,5,10,13-14H2,1-4H3,(H,27,28,31,32). The number of nitrogens with one attached hydrogen (secondary N) is 1. The molecule has 0 radical (unpaired) electrons. The molecule has 0 aliphatic carbocycles. The number of ether oxygens (including phenoxy) is 1.